The summed E-state index contributed by atoms with van der Waals surface area (Å²) >= 11 is 0. The quantitative estimate of drug-likeness (QED) is 0.217. The molecule has 2 nitrogen and oxygen atoms in total. The topological polar surface area (TPSA) is 16.4 Å². The fraction of sp³-hybridized carbons (Fsp3) is 0. The van der Waals surface area contributed by atoms with E-state index >= 15 is 0 Å². The van der Waals surface area contributed by atoms with Crippen LogP contribution in [0.3, 0.4) is 0 Å². The normalized spacial score (nSPS) is 11.3. The third kappa shape index (κ3) is 4.22. The van der Waals surface area contributed by atoms with Gasteiger partial charge in [0, 0.05) is 27.5 Å². The lowest BCUT2D eigenvalue weighted by molar-refractivity contribution is 0.669. The zero-order chi connectivity index (χ0) is 27.9. The molecule has 8 aromatic rings. The van der Waals surface area contributed by atoms with Crippen LogP contribution in [0.1, 0.15) is 0 Å². The van der Waals surface area contributed by atoms with Crippen molar-refractivity contribution in [1.29, 1.82) is 0 Å². The van der Waals surface area contributed by atoms with E-state index in [0.29, 0.717) is 0 Å². The van der Waals surface area contributed by atoms with E-state index in [1.807, 2.05) is 12.1 Å². The summed E-state index contributed by atoms with van der Waals surface area (Å²) in [6.45, 7) is 0. The van der Waals surface area contributed by atoms with Gasteiger partial charge >= 0.3 is 0 Å². The molecule has 7 aromatic carbocycles. The Morgan fingerprint density at radius 3 is 1.67 bits per heavy atom. The average Bonchev–Trinajstić information content (AvgIpc) is 3.44. The molecule has 0 N–H and O–H groups in total. The van der Waals surface area contributed by atoms with Crippen LogP contribution < -0.4 is 4.90 Å². The maximum absolute atomic E-state index is 6.15. The second-order valence-corrected chi connectivity index (χ2v) is 10.6. The number of rotatable bonds is 5. The molecule has 0 bridgehead atoms. The number of fused-ring (bicyclic) bond motifs is 4. The van der Waals surface area contributed by atoms with Crippen LogP contribution in [-0.4, -0.2) is 0 Å². The van der Waals surface area contributed by atoms with E-state index in [-0.39, 0.29) is 0 Å². The van der Waals surface area contributed by atoms with Gasteiger partial charge in [0.1, 0.15) is 11.2 Å². The average molecular weight is 538 g/mol. The third-order valence-electron chi connectivity index (χ3n) is 8.08. The molecule has 0 unspecified atom stereocenters. The van der Waals surface area contributed by atoms with Gasteiger partial charge in [0.15, 0.2) is 0 Å². The first kappa shape index (κ1) is 24.2. The standard InChI is InChI=1S/C40H27NO/c1-2-9-28(10-3-1)29-17-19-30(20-18-29)31-21-23-33(24-22-31)41(38-15-8-12-32-11-4-5-13-35(32)38)34-25-26-40-37(27-34)36-14-6-7-16-39(36)42-40/h1-27H. The highest BCUT2D eigenvalue weighted by Crippen LogP contribution is 2.41. The summed E-state index contributed by atoms with van der Waals surface area (Å²) in [5.41, 5.74) is 9.97. The van der Waals surface area contributed by atoms with E-state index in [1.54, 1.807) is 0 Å². The number of nitrogens with zero attached hydrogens (tertiary/aromatic N) is 1. The van der Waals surface area contributed by atoms with Gasteiger partial charge in [0.2, 0.25) is 0 Å². The molecule has 0 aliphatic carbocycles. The molecule has 42 heavy (non-hydrogen) atoms. The fourth-order valence-corrected chi connectivity index (χ4v) is 5.97. The van der Waals surface area contributed by atoms with Gasteiger partial charge in [-0.1, -0.05) is 121 Å². The first-order valence-electron chi connectivity index (χ1n) is 14.3. The second kappa shape index (κ2) is 10.1. The summed E-state index contributed by atoms with van der Waals surface area (Å²) in [7, 11) is 0. The SMILES string of the molecule is c1ccc(-c2ccc(-c3ccc(N(c4ccc5oc6ccccc6c5c4)c4cccc5ccccc45)cc3)cc2)cc1. The van der Waals surface area contributed by atoms with Crippen LogP contribution in [0.2, 0.25) is 0 Å². The molecule has 0 atom stereocenters. The highest BCUT2D eigenvalue weighted by atomic mass is 16.3. The van der Waals surface area contributed by atoms with Crippen molar-refractivity contribution in [2.75, 3.05) is 4.90 Å². The van der Waals surface area contributed by atoms with Crippen molar-refractivity contribution in [1.82, 2.24) is 0 Å². The molecule has 0 aliphatic heterocycles. The number of para-hydroxylation sites is 1. The van der Waals surface area contributed by atoms with Crippen LogP contribution in [0.5, 0.6) is 0 Å². The van der Waals surface area contributed by atoms with E-state index in [2.05, 4.69) is 157 Å². The summed E-state index contributed by atoms with van der Waals surface area (Å²) in [5.74, 6) is 0. The van der Waals surface area contributed by atoms with E-state index in [4.69, 9.17) is 4.42 Å². The molecule has 2 heteroatoms. The molecule has 0 saturated heterocycles. The zero-order valence-corrected chi connectivity index (χ0v) is 22.9. The minimum Gasteiger partial charge on any atom is -0.456 e. The molecule has 0 saturated carbocycles. The van der Waals surface area contributed by atoms with Gasteiger partial charge in [-0.05, 0) is 70.1 Å². The van der Waals surface area contributed by atoms with Crippen LogP contribution in [0, 0.1) is 0 Å². The molecule has 0 radical (unpaired) electrons. The molecule has 0 amide bonds. The number of furan rings is 1. The van der Waals surface area contributed by atoms with E-state index in [1.165, 1.54) is 33.0 Å². The Balaban J connectivity index is 1.24. The zero-order valence-electron chi connectivity index (χ0n) is 22.9. The van der Waals surface area contributed by atoms with Crippen LogP contribution in [0.4, 0.5) is 17.1 Å². The van der Waals surface area contributed by atoms with E-state index in [9.17, 15) is 0 Å². The maximum Gasteiger partial charge on any atom is 0.135 e. The van der Waals surface area contributed by atoms with Gasteiger partial charge in [0.05, 0.1) is 5.69 Å². The Morgan fingerprint density at radius 2 is 0.905 bits per heavy atom. The maximum atomic E-state index is 6.15. The van der Waals surface area contributed by atoms with Crippen LogP contribution in [0.15, 0.2) is 168 Å². The van der Waals surface area contributed by atoms with Crippen molar-refractivity contribution in [3.05, 3.63) is 164 Å². The third-order valence-corrected chi connectivity index (χ3v) is 8.08. The summed E-state index contributed by atoms with van der Waals surface area (Å²) in [6.07, 6.45) is 0. The minimum atomic E-state index is 0.895. The smallest absolute Gasteiger partial charge is 0.135 e. The van der Waals surface area contributed by atoms with Gasteiger partial charge in [-0.25, -0.2) is 0 Å². The molecule has 0 spiro atoms. The van der Waals surface area contributed by atoms with Crippen molar-refractivity contribution >= 4 is 49.8 Å². The monoisotopic (exact) mass is 537 g/mol. The van der Waals surface area contributed by atoms with Crippen molar-refractivity contribution in [3.63, 3.8) is 0 Å². The Morgan fingerprint density at radius 1 is 0.357 bits per heavy atom. The van der Waals surface area contributed by atoms with Crippen molar-refractivity contribution in [2.24, 2.45) is 0 Å². The molecule has 1 aromatic heterocycles. The van der Waals surface area contributed by atoms with Gasteiger partial charge in [-0.15, -0.1) is 0 Å². The fourth-order valence-electron chi connectivity index (χ4n) is 5.97. The molecule has 0 aliphatic rings. The molecule has 8 rings (SSSR count). The number of hydrogen-bond acceptors (Lipinski definition) is 2. The van der Waals surface area contributed by atoms with Gasteiger partial charge < -0.3 is 9.32 Å². The lowest BCUT2D eigenvalue weighted by Gasteiger charge is -2.27. The molecule has 198 valence electrons. The van der Waals surface area contributed by atoms with Crippen LogP contribution in [-0.2, 0) is 0 Å². The highest BCUT2D eigenvalue weighted by molar-refractivity contribution is 6.07. The summed E-state index contributed by atoms with van der Waals surface area (Å²) < 4.78 is 6.15. The molecule has 0 fully saturated rings. The first-order chi connectivity index (χ1) is 20.8. The van der Waals surface area contributed by atoms with Crippen molar-refractivity contribution in [2.45, 2.75) is 0 Å². The highest BCUT2D eigenvalue weighted by Gasteiger charge is 2.17. The first-order valence-corrected chi connectivity index (χ1v) is 14.3. The van der Waals surface area contributed by atoms with Crippen LogP contribution >= 0.6 is 0 Å². The number of hydrogen-bond donors (Lipinski definition) is 0. The largest absolute Gasteiger partial charge is 0.456 e. The van der Waals surface area contributed by atoms with E-state index in [0.717, 1.165) is 39.0 Å². The molecular weight excluding hydrogens is 510 g/mol. The summed E-state index contributed by atoms with van der Waals surface area (Å²) in [4.78, 5) is 2.35. The van der Waals surface area contributed by atoms with Crippen LogP contribution in [0.25, 0.3) is 55.0 Å². The summed E-state index contributed by atoms with van der Waals surface area (Å²) in [6, 6.07) is 58.0. The Kier molecular flexibility index (Phi) is 5.82. The van der Waals surface area contributed by atoms with Crippen molar-refractivity contribution < 1.29 is 4.42 Å². The summed E-state index contributed by atoms with van der Waals surface area (Å²) in [5, 5.41) is 4.66. The van der Waals surface area contributed by atoms with Gasteiger partial charge in [-0.2, -0.15) is 0 Å². The Labute approximate surface area is 244 Å². The second-order valence-electron chi connectivity index (χ2n) is 10.6. The van der Waals surface area contributed by atoms with Gasteiger partial charge in [-0.3, -0.25) is 0 Å². The lowest BCUT2D eigenvalue weighted by atomic mass is 10.00. The predicted octanol–water partition coefficient (Wildman–Crippen LogP) is 11.5. The van der Waals surface area contributed by atoms with Crippen molar-refractivity contribution in [3.8, 4) is 22.3 Å². The Hall–Kier alpha value is -5.60. The number of benzene rings is 7. The van der Waals surface area contributed by atoms with E-state index < -0.39 is 0 Å². The number of anilines is 3. The molecular formula is C40H27NO. The minimum absolute atomic E-state index is 0.895. The lowest BCUT2D eigenvalue weighted by Crippen LogP contribution is -2.10. The Bertz CT molecular complexity index is 2170. The molecule has 1 heterocycles. The van der Waals surface area contributed by atoms with Gasteiger partial charge in [0.25, 0.3) is 0 Å². The predicted molar refractivity (Wildman–Crippen MR) is 177 cm³/mol.